The fourth-order valence-electron chi connectivity index (χ4n) is 5.04. The summed E-state index contributed by atoms with van der Waals surface area (Å²) in [5, 5.41) is 12.6. The molecule has 3 aromatic rings. The minimum Gasteiger partial charge on any atom is -0.490 e. The SMILES string of the molecule is C=C1OCc2c(cc3n(c2=O)Cc2cc4cc5c(cc4nc2-3)OCO5)[C@@](O)(CC)[C@H]1OC(C)=O. The molecule has 174 valence electrons. The molecule has 0 fully saturated rings. The van der Waals surface area contributed by atoms with Gasteiger partial charge in [0.15, 0.2) is 17.6 Å². The van der Waals surface area contributed by atoms with Crippen LogP contribution in [0.4, 0.5) is 0 Å². The molecule has 9 heteroatoms. The molecule has 5 heterocycles. The third-order valence-electron chi connectivity index (χ3n) is 6.78. The van der Waals surface area contributed by atoms with Gasteiger partial charge in [-0.15, -0.1) is 0 Å². The first-order valence-corrected chi connectivity index (χ1v) is 11.0. The zero-order valence-corrected chi connectivity index (χ0v) is 18.7. The van der Waals surface area contributed by atoms with Crippen LogP contribution in [0, 0.1) is 0 Å². The van der Waals surface area contributed by atoms with Gasteiger partial charge < -0.3 is 28.6 Å². The summed E-state index contributed by atoms with van der Waals surface area (Å²) in [4.78, 5) is 30.2. The number of fused-ring (bicyclic) bond motifs is 6. The third-order valence-corrected chi connectivity index (χ3v) is 6.78. The van der Waals surface area contributed by atoms with Gasteiger partial charge >= 0.3 is 5.97 Å². The Bertz CT molecular complexity index is 1470. The maximum atomic E-state index is 13.6. The predicted molar refractivity (Wildman–Crippen MR) is 120 cm³/mol. The number of carbonyl (C=O) groups is 1. The highest BCUT2D eigenvalue weighted by Crippen LogP contribution is 2.43. The first-order valence-electron chi connectivity index (χ1n) is 11.0. The molecule has 2 aromatic heterocycles. The van der Waals surface area contributed by atoms with Crippen LogP contribution < -0.4 is 15.0 Å². The Balaban J connectivity index is 1.56. The molecule has 0 saturated heterocycles. The Kier molecular flexibility index (Phi) is 4.31. The van der Waals surface area contributed by atoms with Crippen LogP contribution in [0.15, 0.2) is 41.4 Å². The van der Waals surface area contributed by atoms with Crippen LogP contribution in [0.5, 0.6) is 11.5 Å². The fraction of sp³-hybridized carbons (Fsp3) is 0.320. The number of benzene rings is 1. The molecule has 0 aliphatic carbocycles. The van der Waals surface area contributed by atoms with Gasteiger partial charge in [-0.25, -0.2) is 4.98 Å². The van der Waals surface area contributed by atoms with Crippen molar-refractivity contribution in [2.24, 2.45) is 0 Å². The normalized spacial score (nSPS) is 22.0. The molecule has 0 amide bonds. The number of ether oxygens (including phenoxy) is 4. The summed E-state index contributed by atoms with van der Waals surface area (Å²) < 4.78 is 23.7. The molecule has 0 saturated carbocycles. The quantitative estimate of drug-likeness (QED) is 0.453. The molecule has 0 radical (unpaired) electrons. The lowest BCUT2D eigenvalue weighted by Gasteiger charge is -2.34. The van der Waals surface area contributed by atoms with E-state index in [2.05, 4.69) is 6.58 Å². The lowest BCUT2D eigenvalue weighted by atomic mass is 9.83. The maximum Gasteiger partial charge on any atom is 0.303 e. The minimum absolute atomic E-state index is 0.0828. The molecule has 9 nitrogen and oxygen atoms in total. The molecule has 0 spiro atoms. The smallest absolute Gasteiger partial charge is 0.303 e. The number of carbonyl (C=O) groups excluding carboxylic acids is 1. The van der Waals surface area contributed by atoms with Crippen molar-refractivity contribution < 1.29 is 28.8 Å². The van der Waals surface area contributed by atoms with Gasteiger partial charge in [0.1, 0.15) is 18.0 Å². The number of rotatable bonds is 2. The molecular weight excluding hydrogens is 440 g/mol. The molecule has 1 N–H and O–H groups in total. The lowest BCUT2D eigenvalue weighted by Crippen LogP contribution is -2.43. The summed E-state index contributed by atoms with van der Waals surface area (Å²) in [5.74, 6) is 0.800. The van der Waals surface area contributed by atoms with Crippen LogP contribution in [0.3, 0.4) is 0 Å². The van der Waals surface area contributed by atoms with Crippen molar-refractivity contribution in [2.45, 2.75) is 45.1 Å². The van der Waals surface area contributed by atoms with Gasteiger partial charge in [0.05, 0.1) is 29.0 Å². The van der Waals surface area contributed by atoms with Gasteiger partial charge in [-0.3, -0.25) is 9.59 Å². The van der Waals surface area contributed by atoms with Gasteiger partial charge in [-0.05, 0) is 24.6 Å². The number of esters is 1. The van der Waals surface area contributed by atoms with Gasteiger partial charge in [-0.1, -0.05) is 13.5 Å². The highest BCUT2D eigenvalue weighted by Gasteiger charge is 2.47. The summed E-state index contributed by atoms with van der Waals surface area (Å²) in [6.07, 6.45) is -0.978. The van der Waals surface area contributed by atoms with Crippen LogP contribution in [-0.2, 0) is 33.0 Å². The molecule has 2 atom stereocenters. The average Bonchev–Trinajstić information content (AvgIpc) is 3.39. The van der Waals surface area contributed by atoms with Crippen molar-refractivity contribution in [2.75, 3.05) is 6.79 Å². The van der Waals surface area contributed by atoms with E-state index >= 15 is 0 Å². The zero-order chi connectivity index (χ0) is 23.8. The Labute approximate surface area is 194 Å². The van der Waals surface area contributed by atoms with Gasteiger partial charge in [0, 0.05) is 29.5 Å². The van der Waals surface area contributed by atoms with Crippen LogP contribution in [0.25, 0.3) is 22.3 Å². The van der Waals surface area contributed by atoms with Gasteiger partial charge in [0.25, 0.3) is 5.56 Å². The molecule has 1 aromatic carbocycles. The topological polar surface area (TPSA) is 109 Å². The molecule has 0 bridgehead atoms. The Hall–Kier alpha value is -3.85. The molecule has 3 aliphatic heterocycles. The second-order valence-electron chi connectivity index (χ2n) is 8.73. The molecule has 0 unspecified atom stereocenters. The van der Waals surface area contributed by atoms with E-state index in [0.29, 0.717) is 46.1 Å². The van der Waals surface area contributed by atoms with Crippen molar-refractivity contribution in [3.05, 3.63) is 63.6 Å². The summed E-state index contributed by atoms with van der Waals surface area (Å²) >= 11 is 0. The van der Waals surface area contributed by atoms with Crippen molar-refractivity contribution in [1.29, 1.82) is 0 Å². The van der Waals surface area contributed by atoms with E-state index in [-0.39, 0.29) is 31.1 Å². The van der Waals surface area contributed by atoms with Crippen LogP contribution in [0.1, 0.15) is 37.0 Å². The monoisotopic (exact) mass is 462 g/mol. The predicted octanol–water partition coefficient (Wildman–Crippen LogP) is 2.73. The highest BCUT2D eigenvalue weighted by molar-refractivity contribution is 5.87. The van der Waals surface area contributed by atoms with Gasteiger partial charge in [-0.2, -0.15) is 0 Å². The van der Waals surface area contributed by atoms with E-state index in [1.807, 2.05) is 18.2 Å². The maximum absolute atomic E-state index is 13.6. The first-order chi connectivity index (χ1) is 16.3. The molecule has 3 aliphatic rings. The Morgan fingerprint density at radius 1 is 1.26 bits per heavy atom. The largest absolute Gasteiger partial charge is 0.490 e. The first kappa shape index (κ1) is 20.7. The summed E-state index contributed by atoms with van der Waals surface area (Å²) in [6, 6.07) is 7.45. The highest BCUT2D eigenvalue weighted by atomic mass is 16.7. The second kappa shape index (κ2) is 7.07. The van der Waals surface area contributed by atoms with Crippen LogP contribution >= 0.6 is 0 Å². The zero-order valence-electron chi connectivity index (χ0n) is 18.7. The summed E-state index contributed by atoms with van der Waals surface area (Å²) in [5.41, 5.74) is 1.52. The Morgan fingerprint density at radius 3 is 2.76 bits per heavy atom. The lowest BCUT2D eigenvalue weighted by molar-refractivity contribution is -0.163. The molecule has 6 rings (SSSR count). The van der Waals surface area contributed by atoms with E-state index < -0.39 is 17.7 Å². The van der Waals surface area contributed by atoms with E-state index in [0.717, 1.165) is 10.9 Å². The molecule has 34 heavy (non-hydrogen) atoms. The standard InChI is InChI=1S/C25H22N2O7/c1-4-25(30)17-7-19-22-15(5-14-6-20-21(33-11-32-20)8-18(14)26-22)9-27(19)24(29)16(17)10-31-12(2)23(25)34-13(3)28/h5-8,23,30H,2,4,9-11H2,1,3H3/t23-,25-/m0/s1. The number of hydrogen-bond acceptors (Lipinski definition) is 8. The van der Waals surface area contributed by atoms with Crippen LogP contribution in [0.2, 0.25) is 0 Å². The van der Waals surface area contributed by atoms with Crippen molar-refractivity contribution >= 4 is 16.9 Å². The number of nitrogens with zero attached hydrogens (tertiary/aromatic N) is 2. The summed E-state index contributed by atoms with van der Waals surface area (Å²) in [6.45, 7) is 7.28. The van der Waals surface area contributed by atoms with E-state index in [9.17, 15) is 14.7 Å². The van der Waals surface area contributed by atoms with Crippen molar-refractivity contribution in [3.63, 3.8) is 0 Å². The Morgan fingerprint density at radius 2 is 2.03 bits per heavy atom. The second-order valence-corrected chi connectivity index (χ2v) is 8.73. The van der Waals surface area contributed by atoms with Crippen LogP contribution in [-0.4, -0.2) is 33.5 Å². The number of aromatic nitrogens is 2. The van der Waals surface area contributed by atoms with Gasteiger partial charge in [0.2, 0.25) is 6.79 Å². The third kappa shape index (κ3) is 2.80. The minimum atomic E-state index is -1.69. The summed E-state index contributed by atoms with van der Waals surface area (Å²) in [7, 11) is 0. The van der Waals surface area contributed by atoms with Crippen molar-refractivity contribution in [3.8, 4) is 22.9 Å². The number of pyridine rings is 2. The van der Waals surface area contributed by atoms with E-state index in [1.165, 1.54) is 6.92 Å². The van der Waals surface area contributed by atoms with Crippen molar-refractivity contribution in [1.82, 2.24) is 9.55 Å². The molecular formula is C25H22N2O7. The van der Waals surface area contributed by atoms with E-state index in [4.69, 9.17) is 23.9 Å². The number of hydrogen-bond donors (Lipinski definition) is 1. The number of aliphatic hydroxyl groups is 1. The fourth-order valence-corrected chi connectivity index (χ4v) is 5.04. The van der Waals surface area contributed by atoms with E-state index in [1.54, 1.807) is 17.6 Å². The average molecular weight is 462 g/mol.